The van der Waals surface area contributed by atoms with Gasteiger partial charge in [-0.15, -0.1) is 0 Å². The van der Waals surface area contributed by atoms with Crippen LogP contribution in [0.1, 0.15) is 51.9 Å². The highest BCUT2D eigenvalue weighted by molar-refractivity contribution is 4.61. The Bertz CT molecular complexity index is 91.2. The zero-order chi connectivity index (χ0) is 8.65. The molecule has 0 aromatic carbocycles. The van der Waals surface area contributed by atoms with Crippen molar-refractivity contribution < 1.29 is 0 Å². The predicted molar refractivity (Wildman–Crippen MR) is 54.4 cm³/mol. The molecule has 12 heavy (non-hydrogen) atoms. The van der Waals surface area contributed by atoms with E-state index in [1.807, 2.05) is 0 Å². The molecule has 0 unspecified atom stereocenters. The van der Waals surface area contributed by atoms with Crippen molar-refractivity contribution >= 4 is 0 Å². The van der Waals surface area contributed by atoms with Crippen molar-refractivity contribution in [1.29, 1.82) is 0 Å². The minimum Gasteiger partial charge on any atom is -0.317 e. The molecule has 0 aliphatic carbocycles. The Balaban J connectivity index is 2.17. The van der Waals surface area contributed by atoms with E-state index in [0.717, 1.165) is 5.92 Å². The van der Waals surface area contributed by atoms with Crippen LogP contribution >= 0.6 is 0 Å². The second kappa shape index (κ2) is 6.47. The molecule has 1 heteroatoms. The van der Waals surface area contributed by atoms with Crippen molar-refractivity contribution in [3.05, 3.63) is 0 Å². The fraction of sp³-hybridized carbons (Fsp3) is 1.00. The Morgan fingerprint density at radius 2 is 1.58 bits per heavy atom. The predicted octanol–water partition coefficient (Wildman–Crippen LogP) is 2.96. The van der Waals surface area contributed by atoms with E-state index in [1.165, 1.54) is 58.0 Å². The highest BCUT2D eigenvalue weighted by atomic mass is 14.8. The monoisotopic (exact) mass is 169 g/mol. The first kappa shape index (κ1) is 10.0. The summed E-state index contributed by atoms with van der Waals surface area (Å²) in [5.74, 6) is 1.03. The van der Waals surface area contributed by atoms with Crippen LogP contribution in [-0.2, 0) is 0 Å². The summed E-state index contributed by atoms with van der Waals surface area (Å²) in [5.41, 5.74) is 0. The van der Waals surface area contributed by atoms with Gasteiger partial charge in [-0.05, 0) is 31.8 Å². The summed E-state index contributed by atoms with van der Waals surface area (Å²) >= 11 is 0. The first-order valence-corrected chi connectivity index (χ1v) is 5.64. The van der Waals surface area contributed by atoms with Crippen molar-refractivity contribution in [3.8, 4) is 0 Å². The van der Waals surface area contributed by atoms with Gasteiger partial charge in [0.15, 0.2) is 0 Å². The molecule has 0 amide bonds. The van der Waals surface area contributed by atoms with E-state index in [0.29, 0.717) is 0 Å². The molecule has 0 spiro atoms. The van der Waals surface area contributed by atoms with Crippen molar-refractivity contribution in [3.63, 3.8) is 0 Å². The topological polar surface area (TPSA) is 12.0 Å². The quantitative estimate of drug-likeness (QED) is 0.636. The van der Waals surface area contributed by atoms with E-state index in [2.05, 4.69) is 12.2 Å². The van der Waals surface area contributed by atoms with Gasteiger partial charge in [0.25, 0.3) is 0 Å². The summed E-state index contributed by atoms with van der Waals surface area (Å²) in [5, 5.41) is 3.49. The van der Waals surface area contributed by atoms with Gasteiger partial charge in [0.1, 0.15) is 0 Å². The van der Waals surface area contributed by atoms with Crippen LogP contribution in [0.2, 0.25) is 0 Å². The second-order valence-corrected chi connectivity index (χ2v) is 4.02. The third-order valence-electron chi connectivity index (χ3n) is 3.01. The van der Waals surface area contributed by atoms with E-state index < -0.39 is 0 Å². The molecule has 1 fully saturated rings. The first-order chi connectivity index (χ1) is 5.93. The van der Waals surface area contributed by atoms with Crippen LogP contribution in [0, 0.1) is 5.92 Å². The summed E-state index contributed by atoms with van der Waals surface area (Å²) in [4.78, 5) is 0. The first-order valence-electron chi connectivity index (χ1n) is 5.64. The molecule has 72 valence electrons. The molecule has 0 radical (unpaired) electrons. The van der Waals surface area contributed by atoms with Gasteiger partial charge in [-0.1, -0.05) is 39.0 Å². The molecule has 0 atom stereocenters. The smallest absolute Gasteiger partial charge is 0.00489 e. The Labute approximate surface area is 76.9 Å². The summed E-state index contributed by atoms with van der Waals surface area (Å²) in [6, 6.07) is 0. The lowest BCUT2D eigenvalue weighted by Gasteiger charge is -2.16. The normalized spacial score (nSPS) is 23.8. The van der Waals surface area contributed by atoms with Gasteiger partial charge >= 0.3 is 0 Å². The van der Waals surface area contributed by atoms with E-state index >= 15 is 0 Å². The number of hydrogen-bond donors (Lipinski definition) is 1. The lowest BCUT2D eigenvalue weighted by Crippen LogP contribution is -2.18. The maximum Gasteiger partial charge on any atom is -0.00489 e. The summed E-state index contributed by atoms with van der Waals surface area (Å²) in [6.07, 6.45) is 9.98. The number of hydrogen-bond acceptors (Lipinski definition) is 1. The molecule has 0 saturated carbocycles. The third kappa shape index (κ3) is 4.10. The maximum absolute atomic E-state index is 3.49. The van der Waals surface area contributed by atoms with Gasteiger partial charge < -0.3 is 5.32 Å². The average molecular weight is 169 g/mol. The van der Waals surface area contributed by atoms with E-state index in [1.54, 1.807) is 0 Å². The van der Waals surface area contributed by atoms with Gasteiger partial charge in [0, 0.05) is 0 Å². The molecule has 0 aromatic heterocycles. The minimum absolute atomic E-state index is 1.03. The van der Waals surface area contributed by atoms with Crippen LogP contribution in [0.5, 0.6) is 0 Å². The summed E-state index contributed by atoms with van der Waals surface area (Å²) < 4.78 is 0. The lowest BCUT2D eigenvalue weighted by molar-refractivity contribution is 0.384. The van der Waals surface area contributed by atoms with Crippen LogP contribution < -0.4 is 5.32 Å². The molecular formula is C11H23N. The van der Waals surface area contributed by atoms with Crippen molar-refractivity contribution in [1.82, 2.24) is 5.32 Å². The molecule has 0 bridgehead atoms. The molecule has 0 aromatic rings. The molecule has 1 nitrogen and oxygen atoms in total. The molecule has 1 aliphatic rings. The maximum atomic E-state index is 3.49. The zero-order valence-electron chi connectivity index (χ0n) is 8.44. The Morgan fingerprint density at radius 3 is 2.08 bits per heavy atom. The van der Waals surface area contributed by atoms with Gasteiger partial charge in [0.05, 0.1) is 0 Å². The fourth-order valence-corrected chi connectivity index (χ4v) is 2.04. The number of nitrogens with one attached hydrogen (secondary N) is 1. The molecular weight excluding hydrogens is 146 g/mol. The van der Waals surface area contributed by atoms with Crippen LogP contribution in [0.4, 0.5) is 0 Å². The molecule has 1 N–H and O–H groups in total. The average Bonchev–Trinajstić information content (AvgIpc) is 2.14. The summed E-state index contributed by atoms with van der Waals surface area (Å²) in [6.45, 7) is 4.83. The van der Waals surface area contributed by atoms with Gasteiger partial charge in [-0.3, -0.25) is 0 Å². The van der Waals surface area contributed by atoms with Gasteiger partial charge in [0.2, 0.25) is 0 Å². The number of rotatable bonds is 1. The summed E-state index contributed by atoms with van der Waals surface area (Å²) in [7, 11) is 0. The van der Waals surface area contributed by atoms with Crippen molar-refractivity contribution in [2.24, 2.45) is 5.92 Å². The standard InChI is InChI=1S/C11H23N/c1-2-11-7-3-5-9-12-10-6-4-8-11/h11-12H,2-10H2,1H3. The van der Waals surface area contributed by atoms with E-state index in [4.69, 9.17) is 0 Å². The molecule has 1 aliphatic heterocycles. The minimum atomic E-state index is 1.03. The van der Waals surface area contributed by atoms with Crippen molar-refractivity contribution in [2.75, 3.05) is 13.1 Å². The molecule has 1 heterocycles. The SMILES string of the molecule is CCC1CCCCNCCCC1. The fourth-order valence-electron chi connectivity index (χ4n) is 2.04. The highest BCUT2D eigenvalue weighted by Gasteiger charge is 2.06. The van der Waals surface area contributed by atoms with Gasteiger partial charge in [-0.2, -0.15) is 0 Å². The Hall–Kier alpha value is -0.0400. The van der Waals surface area contributed by atoms with E-state index in [-0.39, 0.29) is 0 Å². The lowest BCUT2D eigenvalue weighted by atomic mass is 9.93. The Morgan fingerprint density at radius 1 is 1.00 bits per heavy atom. The van der Waals surface area contributed by atoms with Gasteiger partial charge in [-0.25, -0.2) is 0 Å². The highest BCUT2D eigenvalue weighted by Crippen LogP contribution is 2.19. The van der Waals surface area contributed by atoms with Crippen LogP contribution in [-0.4, -0.2) is 13.1 Å². The Kier molecular flexibility index (Phi) is 5.42. The van der Waals surface area contributed by atoms with Crippen LogP contribution in [0.25, 0.3) is 0 Å². The molecule has 1 rings (SSSR count). The van der Waals surface area contributed by atoms with Crippen LogP contribution in [0.15, 0.2) is 0 Å². The third-order valence-corrected chi connectivity index (χ3v) is 3.01. The van der Waals surface area contributed by atoms with Crippen LogP contribution in [0.3, 0.4) is 0 Å². The second-order valence-electron chi connectivity index (χ2n) is 4.02. The zero-order valence-corrected chi connectivity index (χ0v) is 8.44. The molecule has 1 saturated heterocycles. The van der Waals surface area contributed by atoms with E-state index in [9.17, 15) is 0 Å². The van der Waals surface area contributed by atoms with Crippen molar-refractivity contribution in [2.45, 2.75) is 51.9 Å². The largest absolute Gasteiger partial charge is 0.317 e.